The number of hydrogen-bond acceptors (Lipinski definition) is 3. The van der Waals surface area contributed by atoms with E-state index in [0.29, 0.717) is 12.1 Å². The zero-order valence-corrected chi connectivity index (χ0v) is 10.3. The summed E-state index contributed by atoms with van der Waals surface area (Å²) in [7, 11) is 1.71. The van der Waals surface area contributed by atoms with E-state index in [4.69, 9.17) is 0 Å². The fourth-order valence-electron chi connectivity index (χ4n) is 2.12. The van der Waals surface area contributed by atoms with Crippen molar-refractivity contribution in [3.8, 4) is 0 Å². The van der Waals surface area contributed by atoms with E-state index in [1.54, 1.807) is 30.1 Å². The van der Waals surface area contributed by atoms with Gasteiger partial charge >= 0.3 is 0 Å². The van der Waals surface area contributed by atoms with Gasteiger partial charge in [-0.25, -0.2) is 0 Å². The number of carbonyl (C=O) groups excluding carboxylic acids is 1. The third-order valence-corrected chi connectivity index (χ3v) is 3.43. The van der Waals surface area contributed by atoms with Crippen LogP contribution in [-0.4, -0.2) is 22.8 Å². The van der Waals surface area contributed by atoms with Gasteiger partial charge in [0, 0.05) is 24.6 Å². The Hall–Kier alpha value is -1.91. The molecule has 1 fully saturated rings. The molecule has 5 nitrogen and oxygen atoms in total. The molecule has 0 bridgehead atoms. The first kappa shape index (κ1) is 12.5. The molecule has 0 aliphatic heterocycles. The van der Waals surface area contributed by atoms with Crippen LogP contribution in [0.4, 0.5) is 5.69 Å². The number of benzene rings is 1. The standard InChI is InChI=1S/C13H16N2O3/c1-14(13(16)10-6-4-7-10)9-11-5-2-3-8-12(11)15(17)18/h2-3,5,8,10H,4,6-7,9H2,1H3. The molecule has 0 heterocycles. The highest BCUT2D eigenvalue weighted by molar-refractivity contribution is 5.79. The topological polar surface area (TPSA) is 63.4 Å². The van der Waals surface area contributed by atoms with Crippen LogP contribution in [0.5, 0.6) is 0 Å². The van der Waals surface area contributed by atoms with Crippen LogP contribution in [0.15, 0.2) is 24.3 Å². The summed E-state index contributed by atoms with van der Waals surface area (Å²) in [5.41, 5.74) is 0.656. The number of para-hydroxylation sites is 1. The van der Waals surface area contributed by atoms with Crippen LogP contribution >= 0.6 is 0 Å². The Morgan fingerprint density at radius 1 is 1.44 bits per heavy atom. The number of carbonyl (C=O) groups is 1. The molecule has 1 aliphatic rings. The minimum atomic E-state index is -0.406. The molecule has 0 radical (unpaired) electrons. The lowest BCUT2D eigenvalue weighted by Crippen LogP contribution is -2.35. The SMILES string of the molecule is CN(Cc1ccccc1[N+](=O)[O-])C(=O)C1CCC1. The number of nitro groups is 1. The van der Waals surface area contributed by atoms with Crippen molar-refractivity contribution in [2.24, 2.45) is 5.92 Å². The van der Waals surface area contributed by atoms with E-state index in [9.17, 15) is 14.9 Å². The zero-order chi connectivity index (χ0) is 13.1. The van der Waals surface area contributed by atoms with Gasteiger partial charge in [-0.1, -0.05) is 24.6 Å². The lowest BCUT2D eigenvalue weighted by atomic mass is 9.84. The molecule has 1 aromatic carbocycles. The van der Waals surface area contributed by atoms with Crippen molar-refractivity contribution >= 4 is 11.6 Å². The third-order valence-electron chi connectivity index (χ3n) is 3.43. The van der Waals surface area contributed by atoms with Crippen molar-refractivity contribution in [1.82, 2.24) is 4.90 Å². The molecule has 0 N–H and O–H groups in total. The van der Waals surface area contributed by atoms with Crippen LogP contribution in [0.1, 0.15) is 24.8 Å². The maximum Gasteiger partial charge on any atom is 0.274 e. The fourth-order valence-corrected chi connectivity index (χ4v) is 2.12. The Labute approximate surface area is 106 Å². The summed E-state index contributed by atoms with van der Waals surface area (Å²) >= 11 is 0. The maximum atomic E-state index is 12.0. The van der Waals surface area contributed by atoms with Gasteiger partial charge in [-0.2, -0.15) is 0 Å². The first-order valence-corrected chi connectivity index (χ1v) is 6.07. The number of hydrogen-bond donors (Lipinski definition) is 0. The van der Waals surface area contributed by atoms with Crippen LogP contribution in [-0.2, 0) is 11.3 Å². The van der Waals surface area contributed by atoms with E-state index in [0.717, 1.165) is 19.3 Å². The number of nitrogens with zero attached hydrogens (tertiary/aromatic N) is 2. The van der Waals surface area contributed by atoms with Crippen molar-refractivity contribution in [1.29, 1.82) is 0 Å². The van der Waals surface area contributed by atoms with Gasteiger partial charge in [0.2, 0.25) is 5.91 Å². The Bertz CT molecular complexity index is 469. The summed E-state index contributed by atoms with van der Waals surface area (Å²) < 4.78 is 0. The summed E-state index contributed by atoms with van der Waals surface area (Å²) in [5, 5.41) is 10.9. The molecule has 18 heavy (non-hydrogen) atoms. The molecule has 96 valence electrons. The molecule has 1 aromatic rings. The molecule has 0 saturated heterocycles. The second-order valence-corrected chi connectivity index (χ2v) is 4.71. The Kier molecular flexibility index (Phi) is 3.60. The highest BCUT2D eigenvalue weighted by atomic mass is 16.6. The average Bonchev–Trinajstić information content (AvgIpc) is 2.27. The molecule has 0 atom stereocenters. The van der Waals surface area contributed by atoms with Gasteiger partial charge in [-0.15, -0.1) is 0 Å². The molecule has 1 aliphatic carbocycles. The summed E-state index contributed by atoms with van der Waals surface area (Å²) in [5.74, 6) is 0.220. The normalized spacial score (nSPS) is 14.9. The first-order chi connectivity index (χ1) is 8.59. The second kappa shape index (κ2) is 5.16. The minimum Gasteiger partial charge on any atom is -0.341 e. The van der Waals surface area contributed by atoms with E-state index in [1.165, 1.54) is 6.07 Å². The third kappa shape index (κ3) is 2.50. The van der Waals surface area contributed by atoms with E-state index in [1.807, 2.05) is 0 Å². The van der Waals surface area contributed by atoms with Crippen molar-refractivity contribution in [3.63, 3.8) is 0 Å². The smallest absolute Gasteiger partial charge is 0.274 e. The predicted octanol–water partition coefficient (Wildman–Crippen LogP) is 2.35. The highest BCUT2D eigenvalue weighted by Gasteiger charge is 2.28. The molecule has 1 saturated carbocycles. The Balaban J connectivity index is 2.08. The van der Waals surface area contributed by atoms with Gasteiger partial charge in [-0.3, -0.25) is 14.9 Å². The summed E-state index contributed by atoms with van der Waals surface area (Å²) in [4.78, 5) is 24.0. The zero-order valence-electron chi connectivity index (χ0n) is 10.3. The van der Waals surface area contributed by atoms with Gasteiger partial charge < -0.3 is 4.90 Å². The molecule has 1 amide bonds. The molecular formula is C13H16N2O3. The molecule has 0 unspecified atom stereocenters. The molecule has 5 heteroatoms. The highest BCUT2D eigenvalue weighted by Crippen LogP contribution is 2.29. The van der Waals surface area contributed by atoms with Crippen LogP contribution < -0.4 is 0 Å². The number of rotatable bonds is 4. The minimum absolute atomic E-state index is 0.0748. The van der Waals surface area contributed by atoms with Crippen molar-refractivity contribution < 1.29 is 9.72 Å². The van der Waals surface area contributed by atoms with E-state index >= 15 is 0 Å². The summed E-state index contributed by atoms with van der Waals surface area (Å²) in [6, 6.07) is 6.55. The maximum absolute atomic E-state index is 12.0. The van der Waals surface area contributed by atoms with Crippen LogP contribution in [0.25, 0.3) is 0 Å². The molecular weight excluding hydrogens is 232 g/mol. The van der Waals surface area contributed by atoms with Gasteiger partial charge in [0.05, 0.1) is 11.5 Å². The van der Waals surface area contributed by atoms with Crippen molar-refractivity contribution in [2.75, 3.05) is 7.05 Å². The van der Waals surface area contributed by atoms with Gasteiger partial charge in [0.1, 0.15) is 0 Å². The Morgan fingerprint density at radius 2 is 2.11 bits per heavy atom. The van der Waals surface area contributed by atoms with Crippen LogP contribution in [0, 0.1) is 16.0 Å². The first-order valence-electron chi connectivity index (χ1n) is 6.07. The van der Waals surface area contributed by atoms with Crippen molar-refractivity contribution in [3.05, 3.63) is 39.9 Å². The Morgan fingerprint density at radius 3 is 2.67 bits per heavy atom. The van der Waals surface area contributed by atoms with Crippen LogP contribution in [0.2, 0.25) is 0 Å². The summed E-state index contributed by atoms with van der Waals surface area (Å²) in [6.07, 6.45) is 3.00. The average molecular weight is 248 g/mol. The van der Waals surface area contributed by atoms with Gasteiger partial charge in [0.15, 0.2) is 0 Å². The number of amides is 1. The second-order valence-electron chi connectivity index (χ2n) is 4.71. The number of nitro benzene ring substituents is 1. The molecule has 0 spiro atoms. The fraction of sp³-hybridized carbons (Fsp3) is 0.462. The summed E-state index contributed by atoms with van der Waals surface area (Å²) in [6.45, 7) is 0.298. The lowest BCUT2D eigenvalue weighted by Gasteiger charge is -2.29. The monoisotopic (exact) mass is 248 g/mol. The predicted molar refractivity (Wildman–Crippen MR) is 66.9 cm³/mol. The van der Waals surface area contributed by atoms with Crippen LogP contribution in [0.3, 0.4) is 0 Å². The van der Waals surface area contributed by atoms with E-state index in [2.05, 4.69) is 0 Å². The quantitative estimate of drug-likeness (QED) is 0.607. The largest absolute Gasteiger partial charge is 0.341 e. The molecule has 0 aromatic heterocycles. The van der Waals surface area contributed by atoms with E-state index in [-0.39, 0.29) is 17.5 Å². The molecule has 2 rings (SSSR count). The van der Waals surface area contributed by atoms with Gasteiger partial charge in [-0.05, 0) is 12.8 Å². The van der Waals surface area contributed by atoms with E-state index < -0.39 is 4.92 Å². The lowest BCUT2D eigenvalue weighted by molar-refractivity contribution is -0.385. The van der Waals surface area contributed by atoms with Gasteiger partial charge in [0.25, 0.3) is 5.69 Å². The van der Waals surface area contributed by atoms with Crippen molar-refractivity contribution in [2.45, 2.75) is 25.8 Å².